The van der Waals surface area contributed by atoms with Crippen molar-refractivity contribution in [1.82, 2.24) is 5.32 Å². The van der Waals surface area contributed by atoms with E-state index in [1.165, 1.54) is 6.07 Å². The van der Waals surface area contributed by atoms with Crippen LogP contribution in [0.15, 0.2) is 18.2 Å². The van der Waals surface area contributed by atoms with Crippen molar-refractivity contribution >= 4 is 11.6 Å². The monoisotopic (exact) mass is 279 g/mol. The molecule has 1 aliphatic heterocycles. The van der Waals surface area contributed by atoms with Crippen molar-refractivity contribution in [3.8, 4) is 5.75 Å². The van der Waals surface area contributed by atoms with Crippen LogP contribution >= 0.6 is 11.6 Å². The molecule has 0 radical (unpaired) electrons. The molecule has 2 rings (SSSR count). The molecule has 18 heavy (non-hydrogen) atoms. The standard InChI is InChI=1S/C12H13ClF3NO/c13-10-7-8(12(14,15)16)1-2-11(10)18-9-3-5-17-6-4-9/h1-2,7,9,17H,3-6H2. The van der Waals surface area contributed by atoms with Crippen molar-refractivity contribution in [3.63, 3.8) is 0 Å². The van der Waals surface area contributed by atoms with Crippen molar-refractivity contribution in [2.75, 3.05) is 13.1 Å². The fourth-order valence-electron chi connectivity index (χ4n) is 1.87. The van der Waals surface area contributed by atoms with Crippen LogP contribution in [-0.2, 0) is 6.18 Å². The average molecular weight is 280 g/mol. The molecule has 0 amide bonds. The maximum absolute atomic E-state index is 12.5. The second-order valence-corrected chi connectivity index (χ2v) is 4.62. The van der Waals surface area contributed by atoms with Crippen LogP contribution in [-0.4, -0.2) is 19.2 Å². The van der Waals surface area contributed by atoms with Gasteiger partial charge in [0.25, 0.3) is 0 Å². The van der Waals surface area contributed by atoms with Crippen LogP contribution in [0.25, 0.3) is 0 Å². The third-order valence-corrected chi connectivity index (χ3v) is 3.13. The molecule has 1 aromatic carbocycles. The second kappa shape index (κ2) is 5.36. The Morgan fingerprint density at radius 1 is 1.22 bits per heavy atom. The van der Waals surface area contributed by atoms with E-state index in [2.05, 4.69) is 5.32 Å². The number of hydrogen-bond donors (Lipinski definition) is 1. The van der Waals surface area contributed by atoms with Crippen LogP contribution in [0.2, 0.25) is 5.02 Å². The minimum Gasteiger partial charge on any atom is -0.489 e. The van der Waals surface area contributed by atoms with Gasteiger partial charge < -0.3 is 10.1 Å². The van der Waals surface area contributed by atoms with E-state index < -0.39 is 11.7 Å². The maximum Gasteiger partial charge on any atom is 0.416 e. The SMILES string of the molecule is FC(F)(F)c1ccc(OC2CCNCC2)c(Cl)c1. The molecule has 1 fully saturated rings. The zero-order valence-electron chi connectivity index (χ0n) is 9.56. The van der Waals surface area contributed by atoms with E-state index in [1.54, 1.807) is 0 Å². The lowest BCUT2D eigenvalue weighted by Gasteiger charge is -2.24. The van der Waals surface area contributed by atoms with Crippen molar-refractivity contribution in [1.29, 1.82) is 0 Å². The van der Waals surface area contributed by atoms with Crippen LogP contribution in [0.4, 0.5) is 13.2 Å². The van der Waals surface area contributed by atoms with Crippen molar-refractivity contribution in [3.05, 3.63) is 28.8 Å². The van der Waals surface area contributed by atoms with Gasteiger partial charge in [0, 0.05) is 0 Å². The summed E-state index contributed by atoms with van der Waals surface area (Å²) in [6.45, 7) is 1.70. The quantitative estimate of drug-likeness (QED) is 0.895. The van der Waals surface area contributed by atoms with Crippen LogP contribution < -0.4 is 10.1 Å². The molecule has 0 saturated carbocycles. The molecule has 1 heterocycles. The van der Waals surface area contributed by atoms with Gasteiger partial charge in [0.1, 0.15) is 11.9 Å². The summed E-state index contributed by atoms with van der Waals surface area (Å²) in [5.41, 5.74) is -0.759. The second-order valence-electron chi connectivity index (χ2n) is 4.21. The fraction of sp³-hybridized carbons (Fsp3) is 0.500. The third kappa shape index (κ3) is 3.29. The van der Waals surface area contributed by atoms with Crippen LogP contribution in [0.5, 0.6) is 5.75 Å². The molecule has 0 aliphatic carbocycles. The van der Waals surface area contributed by atoms with Gasteiger partial charge >= 0.3 is 6.18 Å². The van der Waals surface area contributed by atoms with Gasteiger partial charge in [-0.05, 0) is 44.1 Å². The fourth-order valence-corrected chi connectivity index (χ4v) is 2.09. The van der Waals surface area contributed by atoms with E-state index in [0.717, 1.165) is 38.1 Å². The summed E-state index contributed by atoms with van der Waals surface area (Å²) >= 11 is 5.81. The molecular weight excluding hydrogens is 267 g/mol. The molecule has 0 bridgehead atoms. The molecule has 2 nitrogen and oxygen atoms in total. The smallest absolute Gasteiger partial charge is 0.416 e. The first-order chi connectivity index (χ1) is 8.47. The highest BCUT2D eigenvalue weighted by Gasteiger charge is 2.31. The van der Waals surface area contributed by atoms with Gasteiger partial charge in [-0.25, -0.2) is 0 Å². The predicted octanol–water partition coefficient (Wildman–Crippen LogP) is 3.49. The molecule has 100 valence electrons. The van der Waals surface area contributed by atoms with Crippen LogP contribution in [0.1, 0.15) is 18.4 Å². The number of alkyl halides is 3. The van der Waals surface area contributed by atoms with Gasteiger partial charge in [-0.1, -0.05) is 11.6 Å². The Kier molecular flexibility index (Phi) is 4.02. The Bertz CT molecular complexity index is 416. The minimum absolute atomic E-state index is 0.00311. The molecule has 1 aromatic rings. The van der Waals surface area contributed by atoms with E-state index >= 15 is 0 Å². The number of hydrogen-bond acceptors (Lipinski definition) is 2. The summed E-state index contributed by atoms with van der Waals surface area (Å²) in [5.74, 6) is 0.316. The lowest BCUT2D eigenvalue weighted by molar-refractivity contribution is -0.137. The normalized spacial score (nSPS) is 17.8. The van der Waals surface area contributed by atoms with E-state index in [4.69, 9.17) is 16.3 Å². The summed E-state index contributed by atoms with van der Waals surface area (Å²) in [6, 6.07) is 3.17. The zero-order chi connectivity index (χ0) is 13.2. The van der Waals surface area contributed by atoms with Gasteiger partial charge in [0.2, 0.25) is 0 Å². The number of nitrogens with one attached hydrogen (secondary N) is 1. The molecule has 1 aliphatic rings. The van der Waals surface area contributed by atoms with E-state index in [0.29, 0.717) is 5.75 Å². The van der Waals surface area contributed by atoms with Gasteiger partial charge in [-0.15, -0.1) is 0 Å². The molecule has 0 aromatic heterocycles. The molecule has 6 heteroatoms. The minimum atomic E-state index is -4.38. The van der Waals surface area contributed by atoms with Crippen molar-refractivity contribution in [2.24, 2.45) is 0 Å². The molecule has 1 N–H and O–H groups in total. The number of ether oxygens (including phenoxy) is 1. The molecule has 0 atom stereocenters. The van der Waals surface area contributed by atoms with Crippen LogP contribution in [0, 0.1) is 0 Å². The summed E-state index contributed by atoms with van der Waals surface area (Å²) in [6.07, 6.45) is -2.70. The first kappa shape index (κ1) is 13.5. The Labute approximate surface area is 108 Å². The first-order valence-electron chi connectivity index (χ1n) is 5.71. The van der Waals surface area contributed by atoms with Gasteiger partial charge in [0.15, 0.2) is 0 Å². The Morgan fingerprint density at radius 2 is 1.89 bits per heavy atom. The van der Waals surface area contributed by atoms with Gasteiger partial charge in [-0.2, -0.15) is 13.2 Å². The van der Waals surface area contributed by atoms with Crippen molar-refractivity contribution < 1.29 is 17.9 Å². The highest BCUT2D eigenvalue weighted by atomic mass is 35.5. The molecule has 1 saturated heterocycles. The highest BCUT2D eigenvalue weighted by molar-refractivity contribution is 6.32. The Balaban J connectivity index is 2.09. The van der Waals surface area contributed by atoms with E-state index in [1.807, 2.05) is 0 Å². The summed E-state index contributed by atoms with van der Waals surface area (Å²) < 4.78 is 43.0. The van der Waals surface area contributed by atoms with Gasteiger partial charge in [0.05, 0.1) is 10.6 Å². The van der Waals surface area contributed by atoms with Crippen molar-refractivity contribution in [2.45, 2.75) is 25.1 Å². The zero-order valence-corrected chi connectivity index (χ0v) is 10.3. The van der Waals surface area contributed by atoms with E-state index in [9.17, 15) is 13.2 Å². The summed E-state index contributed by atoms with van der Waals surface area (Å²) in [4.78, 5) is 0. The van der Waals surface area contributed by atoms with Crippen LogP contribution in [0.3, 0.4) is 0 Å². The lowest BCUT2D eigenvalue weighted by atomic mass is 10.1. The average Bonchev–Trinajstić information content (AvgIpc) is 2.32. The summed E-state index contributed by atoms with van der Waals surface area (Å²) in [7, 11) is 0. The summed E-state index contributed by atoms with van der Waals surface area (Å²) in [5, 5.41) is 3.19. The van der Waals surface area contributed by atoms with E-state index in [-0.39, 0.29) is 11.1 Å². The Hall–Kier alpha value is -0.940. The number of rotatable bonds is 2. The molecule has 0 spiro atoms. The maximum atomic E-state index is 12.5. The predicted molar refractivity (Wildman–Crippen MR) is 63.0 cm³/mol. The number of benzene rings is 1. The molecule has 0 unspecified atom stereocenters. The van der Waals surface area contributed by atoms with Gasteiger partial charge in [-0.3, -0.25) is 0 Å². The lowest BCUT2D eigenvalue weighted by Crippen LogP contribution is -2.34. The topological polar surface area (TPSA) is 21.3 Å². The first-order valence-corrected chi connectivity index (χ1v) is 6.09. The number of piperidine rings is 1. The number of halogens is 4. The largest absolute Gasteiger partial charge is 0.489 e. The third-order valence-electron chi connectivity index (χ3n) is 2.84. The molecular formula is C12H13ClF3NO. The highest BCUT2D eigenvalue weighted by Crippen LogP contribution is 2.35. The Morgan fingerprint density at radius 3 is 2.44 bits per heavy atom.